The molecule has 6 aromatic rings. The van der Waals surface area contributed by atoms with E-state index >= 15 is 0 Å². The maximum atomic E-state index is 5.19. The van der Waals surface area contributed by atoms with Gasteiger partial charge in [-0.3, -0.25) is 4.90 Å². The zero-order valence-corrected chi connectivity index (χ0v) is 19.6. The van der Waals surface area contributed by atoms with E-state index in [-0.39, 0.29) is 0 Å². The van der Waals surface area contributed by atoms with Crippen LogP contribution in [0.4, 0.5) is 17.3 Å². The van der Waals surface area contributed by atoms with Crippen molar-refractivity contribution in [2.45, 2.75) is 9.79 Å². The first-order valence-electron chi connectivity index (χ1n) is 11.5. The van der Waals surface area contributed by atoms with Gasteiger partial charge in [-0.2, -0.15) is 0 Å². The summed E-state index contributed by atoms with van der Waals surface area (Å²) in [5.41, 5.74) is 4.26. The minimum Gasteiger partial charge on any atom is -0.301 e. The van der Waals surface area contributed by atoms with Gasteiger partial charge < -0.3 is 4.57 Å². The first-order valence-corrected chi connectivity index (χ1v) is 12.3. The lowest BCUT2D eigenvalue weighted by atomic mass is 10.1. The van der Waals surface area contributed by atoms with E-state index in [1.165, 1.54) is 10.3 Å². The maximum Gasteiger partial charge on any atom is 0.155 e. The molecule has 0 saturated heterocycles. The van der Waals surface area contributed by atoms with Crippen LogP contribution in [0.1, 0.15) is 0 Å². The van der Waals surface area contributed by atoms with E-state index in [1.807, 2.05) is 18.2 Å². The van der Waals surface area contributed by atoms with Crippen molar-refractivity contribution in [2.24, 2.45) is 0 Å². The molecule has 0 saturated carbocycles. The third kappa shape index (κ3) is 3.40. The molecule has 0 aliphatic carbocycles. The van der Waals surface area contributed by atoms with Gasteiger partial charge in [0.15, 0.2) is 5.82 Å². The summed E-state index contributed by atoms with van der Waals surface area (Å²) >= 11 is 1.75. The summed E-state index contributed by atoms with van der Waals surface area (Å²) in [6, 6.07) is 39.7. The Morgan fingerprint density at radius 3 is 2.34 bits per heavy atom. The quantitative estimate of drug-likeness (QED) is 0.263. The number of pyridine rings is 2. The third-order valence-electron chi connectivity index (χ3n) is 6.24. The van der Waals surface area contributed by atoms with Gasteiger partial charge in [-0.25, -0.2) is 9.97 Å². The zero-order valence-electron chi connectivity index (χ0n) is 18.7. The normalized spacial score (nSPS) is 12.4. The molecule has 1 aliphatic heterocycles. The molecule has 3 aromatic carbocycles. The minimum absolute atomic E-state index is 0.849. The molecule has 0 atom stereocenters. The predicted octanol–water partition coefficient (Wildman–Crippen LogP) is 8.02. The Morgan fingerprint density at radius 1 is 0.571 bits per heavy atom. The summed E-state index contributed by atoms with van der Waals surface area (Å²) in [5.74, 6) is 2.62. The fourth-order valence-corrected chi connectivity index (χ4v) is 5.60. The van der Waals surface area contributed by atoms with Gasteiger partial charge in [0.2, 0.25) is 0 Å². The van der Waals surface area contributed by atoms with Crippen LogP contribution in [0.3, 0.4) is 0 Å². The number of hydrogen-bond donors (Lipinski definition) is 0. The van der Waals surface area contributed by atoms with E-state index in [4.69, 9.17) is 9.97 Å². The Bertz CT molecular complexity index is 1690. The Hall–Kier alpha value is -4.35. The largest absolute Gasteiger partial charge is 0.301 e. The lowest BCUT2D eigenvalue weighted by Crippen LogP contribution is -2.18. The second-order valence-electron chi connectivity index (χ2n) is 8.39. The molecule has 0 unspecified atom stereocenters. The number of rotatable bonds is 3. The van der Waals surface area contributed by atoms with E-state index < -0.39 is 0 Å². The summed E-state index contributed by atoms with van der Waals surface area (Å²) < 4.78 is 2.15. The van der Waals surface area contributed by atoms with Crippen LogP contribution in [-0.4, -0.2) is 14.5 Å². The van der Waals surface area contributed by atoms with E-state index in [0.717, 1.165) is 44.8 Å². The Labute approximate surface area is 207 Å². The van der Waals surface area contributed by atoms with Crippen molar-refractivity contribution in [1.29, 1.82) is 0 Å². The molecule has 5 heteroatoms. The van der Waals surface area contributed by atoms with Crippen molar-refractivity contribution in [2.75, 3.05) is 4.90 Å². The van der Waals surface area contributed by atoms with Crippen LogP contribution in [-0.2, 0) is 0 Å². The number of aromatic nitrogens is 3. The molecule has 3 aromatic heterocycles. The van der Waals surface area contributed by atoms with Crippen molar-refractivity contribution in [3.05, 3.63) is 121 Å². The highest BCUT2D eigenvalue weighted by atomic mass is 32.2. The molecular formula is C30H20N4S. The van der Waals surface area contributed by atoms with E-state index in [1.54, 1.807) is 11.8 Å². The van der Waals surface area contributed by atoms with E-state index in [0.29, 0.717) is 0 Å². The summed E-state index contributed by atoms with van der Waals surface area (Å²) in [5, 5.41) is 1.20. The van der Waals surface area contributed by atoms with Crippen LogP contribution in [0.25, 0.3) is 28.0 Å². The molecule has 1 aliphatic rings. The van der Waals surface area contributed by atoms with Crippen molar-refractivity contribution in [1.82, 2.24) is 14.5 Å². The fourth-order valence-electron chi connectivity index (χ4n) is 4.59. The van der Waals surface area contributed by atoms with Crippen molar-refractivity contribution in [3.8, 4) is 17.1 Å². The number of hydrogen-bond acceptors (Lipinski definition) is 4. The average molecular weight is 469 g/mol. The number of fused-ring (bicyclic) bond motifs is 3. The maximum absolute atomic E-state index is 5.19. The third-order valence-corrected chi connectivity index (χ3v) is 7.35. The summed E-state index contributed by atoms with van der Waals surface area (Å²) in [6.45, 7) is 0. The highest BCUT2D eigenvalue weighted by Crippen LogP contribution is 2.50. The van der Waals surface area contributed by atoms with Gasteiger partial charge in [0.1, 0.15) is 11.6 Å². The van der Waals surface area contributed by atoms with Gasteiger partial charge >= 0.3 is 0 Å². The lowest BCUT2D eigenvalue weighted by Gasteiger charge is -2.31. The standard InChI is InChI=1S/C30H20N4S/c1-2-9-21(10-3-1)23-12-8-16-29(31-23)34-25-14-6-7-15-26(25)35-27-17-18-28(32-30(27)34)33-20-19-22-11-4-5-13-24(22)33/h1-20H. The predicted molar refractivity (Wildman–Crippen MR) is 143 cm³/mol. The molecule has 4 heterocycles. The second kappa shape index (κ2) is 8.15. The number of benzene rings is 3. The number of para-hydroxylation sites is 2. The summed E-state index contributed by atoms with van der Waals surface area (Å²) in [6.07, 6.45) is 2.09. The van der Waals surface area contributed by atoms with Crippen LogP contribution in [0.2, 0.25) is 0 Å². The molecule has 35 heavy (non-hydrogen) atoms. The van der Waals surface area contributed by atoms with Gasteiger partial charge in [0.25, 0.3) is 0 Å². The van der Waals surface area contributed by atoms with Crippen molar-refractivity contribution >= 4 is 40.0 Å². The van der Waals surface area contributed by atoms with Gasteiger partial charge in [0, 0.05) is 16.7 Å². The average Bonchev–Trinajstić information content (AvgIpc) is 3.36. The molecule has 166 valence electrons. The first kappa shape index (κ1) is 20.1. The van der Waals surface area contributed by atoms with E-state index in [9.17, 15) is 0 Å². The Balaban J connectivity index is 1.42. The smallest absolute Gasteiger partial charge is 0.155 e. The molecular weight excluding hydrogens is 448 g/mol. The molecule has 0 radical (unpaired) electrons. The molecule has 0 spiro atoms. The minimum atomic E-state index is 0.849. The fraction of sp³-hybridized carbons (Fsp3) is 0. The molecule has 4 nitrogen and oxygen atoms in total. The molecule has 0 fully saturated rings. The van der Waals surface area contributed by atoms with Gasteiger partial charge in [-0.15, -0.1) is 0 Å². The summed E-state index contributed by atoms with van der Waals surface area (Å²) in [4.78, 5) is 14.7. The van der Waals surface area contributed by atoms with Crippen LogP contribution >= 0.6 is 11.8 Å². The van der Waals surface area contributed by atoms with E-state index in [2.05, 4.69) is 113 Å². The topological polar surface area (TPSA) is 34.0 Å². The number of anilines is 3. The lowest BCUT2D eigenvalue weighted by molar-refractivity contribution is 0.989. The van der Waals surface area contributed by atoms with Crippen LogP contribution in [0, 0.1) is 0 Å². The second-order valence-corrected chi connectivity index (χ2v) is 9.47. The van der Waals surface area contributed by atoms with Crippen LogP contribution in [0.5, 0.6) is 0 Å². The SMILES string of the molecule is c1ccc(-c2cccc(N3c4ccccc4Sc4ccc(-n5ccc6ccccc65)nc43)n2)cc1. The first-order chi connectivity index (χ1) is 17.3. The highest BCUT2D eigenvalue weighted by Gasteiger charge is 2.27. The van der Waals surface area contributed by atoms with Crippen LogP contribution < -0.4 is 4.90 Å². The van der Waals surface area contributed by atoms with Crippen LogP contribution in [0.15, 0.2) is 131 Å². The van der Waals surface area contributed by atoms with Gasteiger partial charge in [-0.05, 0) is 53.9 Å². The molecule has 0 N–H and O–H groups in total. The monoisotopic (exact) mass is 468 g/mol. The summed E-state index contributed by atoms with van der Waals surface area (Å²) in [7, 11) is 0. The van der Waals surface area contributed by atoms with Crippen molar-refractivity contribution < 1.29 is 0 Å². The zero-order chi connectivity index (χ0) is 23.2. The van der Waals surface area contributed by atoms with Gasteiger partial charge in [-0.1, -0.05) is 78.5 Å². The molecule has 7 rings (SSSR count). The highest BCUT2D eigenvalue weighted by molar-refractivity contribution is 7.99. The van der Waals surface area contributed by atoms with Crippen molar-refractivity contribution in [3.63, 3.8) is 0 Å². The molecule has 0 bridgehead atoms. The van der Waals surface area contributed by atoms with Gasteiger partial charge in [0.05, 0.1) is 21.8 Å². The Morgan fingerprint density at radius 2 is 1.40 bits per heavy atom. The Kier molecular flexibility index (Phi) is 4.67. The number of nitrogens with zero attached hydrogens (tertiary/aromatic N) is 4. The molecule has 0 amide bonds.